The van der Waals surface area contributed by atoms with Crippen LogP contribution in [-0.2, 0) is 5.41 Å². The minimum atomic E-state index is -0.134. The Kier molecular flexibility index (Phi) is 6.29. The van der Waals surface area contributed by atoms with Gasteiger partial charge in [0, 0.05) is 11.5 Å². The first-order valence-electron chi connectivity index (χ1n) is 10.1. The molecule has 0 saturated heterocycles. The maximum absolute atomic E-state index is 11.2. The van der Waals surface area contributed by atoms with Crippen LogP contribution in [0.25, 0.3) is 0 Å². The number of aryl methyl sites for hydroxylation is 1. The fourth-order valence-electron chi connectivity index (χ4n) is 4.24. The van der Waals surface area contributed by atoms with Crippen molar-refractivity contribution in [2.75, 3.05) is 0 Å². The minimum Gasteiger partial charge on any atom is -0.511 e. The number of hydrogen-bond acceptors (Lipinski definition) is 2. The van der Waals surface area contributed by atoms with Crippen molar-refractivity contribution in [2.24, 2.45) is 5.92 Å². The van der Waals surface area contributed by atoms with Crippen molar-refractivity contribution >= 4 is 0 Å². The molecular formula is C25H36O2. The van der Waals surface area contributed by atoms with Crippen LogP contribution in [0.4, 0.5) is 0 Å². The lowest BCUT2D eigenvalue weighted by atomic mass is 9.72. The topological polar surface area (TPSA) is 40.5 Å². The molecule has 1 aromatic rings. The molecule has 2 heteroatoms. The maximum atomic E-state index is 11.2. The summed E-state index contributed by atoms with van der Waals surface area (Å²) >= 11 is 0. The highest BCUT2D eigenvalue weighted by Crippen LogP contribution is 2.47. The van der Waals surface area contributed by atoms with Crippen molar-refractivity contribution in [2.45, 2.75) is 79.1 Å². The van der Waals surface area contributed by atoms with Gasteiger partial charge in [-0.05, 0) is 61.6 Å². The van der Waals surface area contributed by atoms with Crippen LogP contribution in [-0.4, -0.2) is 10.2 Å². The number of aliphatic hydroxyl groups is 1. The lowest BCUT2D eigenvalue weighted by Crippen LogP contribution is -2.21. The molecule has 0 saturated carbocycles. The molecule has 1 aromatic carbocycles. The number of aliphatic hydroxyl groups excluding tert-OH is 1. The first kappa shape index (κ1) is 21.3. The Labute approximate surface area is 165 Å². The number of hydrogen-bond donors (Lipinski definition) is 2. The highest BCUT2D eigenvalue weighted by Gasteiger charge is 2.33. The van der Waals surface area contributed by atoms with E-state index in [4.69, 9.17) is 0 Å². The van der Waals surface area contributed by atoms with Gasteiger partial charge in [-0.1, -0.05) is 70.0 Å². The fourth-order valence-corrected chi connectivity index (χ4v) is 4.24. The monoisotopic (exact) mass is 368 g/mol. The van der Waals surface area contributed by atoms with E-state index in [1.54, 1.807) is 0 Å². The van der Waals surface area contributed by atoms with Gasteiger partial charge in [0.2, 0.25) is 0 Å². The minimum absolute atomic E-state index is 0.0258. The van der Waals surface area contributed by atoms with Crippen LogP contribution in [0.5, 0.6) is 5.75 Å². The zero-order chi connectivity index (χ0) is 20.5. The third-order valence-electron chi connectivity index (χ3n) is 5.60. The molecule has 0 aliphatic heterocycles. The highest BCUT2D eigenvalue weighted by atomic mass is 16.3. The van der Waals surface area contributed by atoms with E-state index in [9.17, 15) is 10.2 Å². The summed E-state index contributed by atoms with van der Waals surface area (Å²) in [5.41, 5.74) is 5.95. The van der Waals surface area contributed by atoms with Gasteiger partial charge in [0.15, 0.2) is 0 Å². The average molecular weight is 369 g/mol. The van der Waals surface area contributed by atoms with Gasteiger partial charge in [0.25, 0.3) is 0 Å². The van der Waals surface area contributed by atoms with E-state index in [2.05, 4.69) is 60.3 Å². The first-order valence-corrected chi connectivity index (χ1v) is 10.1. The quantitative estimate of drug-likeness (QED) is 0.575. The van der Waals surface area contributed by atoms with Crippen LogP contribution in [0.1, 0.15) is 83.4 Å². The zero-order valence-corrected chi connectivity index (χ0v) is 18.1. The standard InChI is InChI=1S/C25H36O2/c1-9-10-18(20-12-16(4)11-19(15(2)3)23(20)26)21-13-17(5)14-22(24(21)27)25(6,7)8/h11,13-14,18,20,26-27H,2,9-10,12H2,1,3-8H3. The number of phenolic OH excluding ortho intramolecular Hbond substituents is 1. The zero-order valence-electron chi connectivity index (χ0n) is 18.1. The van der Waals surface area contributed by atoms with Gasteiger partial charge in [0.05, 0.1) is 0 Å². The van der Waals surface area contributed by atoms with E-state index in [0.717, 1.165) is 47.1 Å². The van der Waals surface area contributed by atoms with Crippen molar-refractivity contribution in [3.8, 4) is 5.75 Å². The second-order valence-corrected chi connectivity index (χ2v) is 9.28. The Hall–Kier alpha value is -1.96. The molecule has 2 N–H and O–H groups in total. The normalized spacial score (nSPS) is 19.1. The van der Waals surface area contributed by atoms with E-state index in [0.29, 0.717) is 11.5 Å². The Balaban J connectivity index is 2.65. The Morgan fingerprint density at radius 1 is 1.22 bits per heavy atom. The molecule has 2 unspecified atom stereocenters. The molecular weight excluding hydrogens is 332 g/mol. The molecule has 0 heterocycles. The molecule has 0 aromatic heterocycles. The number of rotatable bonds is 5. The summed E-state index contributed by atoms with van der Waals surface area (Å²) in [4.78, 5) is 0. The fraction of sp³-hybridized carbons (Fsp3) is 0.520. The van der Waals surface area contributed by atoms with Crippen molar-refractivity contribution in [3.63, 3.8) is 0 Å². The Bertz CT molecular complexity index is 787. The second-order valence-electron chi connectivity index (χ2n) is 9.28. The molecule has 2 rings (SSSR count). The van der Waals surface area contributed by atoms with E-state index in [1.807, 2.05) is 13.0 Å². The number of benzene rings is 1. The molecule has 0 fully saturated rings. The van der Waals surface area contributed by atoms with Gasteiger partial charge in [-0.15, -0.1) is 0 Å². The molecule has 0 amide bonds. The summed E-state index contributed by atoms with van der Waals surface area (Å²) in [6, 6.07) is 4.19. The molecule has 148 valence electrons. The summed E-state index contributed by atoms with van der Waals surface area (Å²) in [7, 11) is 0. The second kappa shape index (κ2) is 7.96. The van der Waals surface area contributed by atoms with Gasteiger partial charge in [-0.25, -0.2) is 0 Å². The summed E-state index contributed by atoms with van der Waals surface area (Å²) in [6.45, 7) is 18.7. The molecule has 1 aliphatic rings. The van der Waals surface area contributed by atoms with Crippen molar-refractivity contribution < 1.29 is 10.2 Å². The van der Waals surface area contributed by atoms with Crippen LogP contribution in [0.3, 0.4) is 0 Å². The first-order chi connectivity index (χ1) is 12.5. The summed E-state index contributed by atoms with van der Waals surface area (Å²) < 4.78 is 0. The largest absolute Gasteiger partial charge is 0.511 e. The lowest BCUT2D eigenvalue weighted by Gasteiger charge is -2.33. The third kappa shape index (κ3) is 4.48. The lowest BCUT2D eigenvalue weighted by molar-refractivity contribution is 0.278. The highest BCUT2D eigenvalue weighted by molar-refractivity contribution is 5.51. The SMILES string of the molecule is C=C(C)C1=C(O)C(C(CCC)c2cc(C)cc(C(C)(C)C)c2O)CC(C)=C1. The van der Waals surface area contributed by atoms with E-state index >= 15 is 0 Å². The van der Waals surface area contributed by atoms with Crippen LogP contribution in [0, 0.1) is 12.8 Å². The van der Waals surface area contributed by atoms with Gasteiger partial charge in [-0.2, -0.15) is 0 Å². The van der Waals surface area contributed by atoms with Crippen molar-refractivity contribution in [1.82, 2.24) is 0 Å². The summed E-state index contributed by atoms with van der Waals surface area (Å²) in [6.07, 6.45) is 4.78. The van der Waals surface area contributed by atoms with Gasteiger partial charge in [-0.3, -0.25) is 0 Å². The van der Waals surface area contributed by atoms with Crippen LogP contribution in [0.15, 0.2) is 47.3 Å². The molecule has 0 bridgehead atoms. The van der Waals surface area contributed by atoms with Crippen LogP contribution < -0.4 is 0 Å². The predicted octanol–water partition coefficient (Wildman–Crippen LogP) is 7.24. The maximum Gasteiger partial charge on any atom is 0.122 e. The molecule has 0 radical (unpaired) electrons. The van der Waals surface area contributed by atoms with Crippen LogP contribution >= 0.6 is 0 Å². The van der Waals surface area contributed by atoms with E-state index < -0.39 is 0 Å². The summed E-state index contributed by atoms with van der Waals surface area (Å²) in [5.74, 6) is 0.865. The molecule has 27 heavy (non-hydrogen) atoms. The number of allylic oxidation sites excluding steroid dienone is 5. The van der Waals surface area contributed by atoms with E-state index in [-0.39, 0.29) is 17.3 Å². The molecule has 1 aliphatic carbocycles. The molecule has 2 nitrogen and oxygen atoms in total. The van der Waals surface area contributed by atoms with Crippen LogP contribution in [0.2, 0.25) is 0 Å². The number of phenols is 1. The van der Waals surface area contributed by atoms with Gasteiger partial charge < -0.3 is 10.2 Å². The smallest absolute Gasteiger partial charge is 0.122 e. The number of aromatic hydroxyl groups is 1. The van der Waals surface area contributed by atoms with Gasteiger partial charge >= 0.3 is 0 Å². The third-order valence-corrected chi connectivity index (χ3v) is 5.60. The Morgan fingerprint density at radius 2 is 1.85 bits per heavy atom. The Morgan fingerprint density at radius 3 is 2.37 bits per heavy atom. The summed E-state index contributed by atoms with van der Waals surface area (Å²) in [5, 5.41) is 22.2. The molecule has 2 atom stereocenters. The molecule has 0 spiro atoms. The average Bonchev–Trinajstić information content (AvgIpc) is 2.55. The van der Waals surface area contributed by atoms with Crippen molar-refractivity contribution in [3.05, 3.63) is 64.0 Å². The predicted molar refractivity (Wildman–Crippen MR) is 116 cm³/mol. The van der Waals surface area contributed by atoms with E-state index in [1.165, 1.54) is 5.57 Å². The van der Waals surface area contributed by atoms with Crippen molar-refractivity contribution in [1.29, 1.82) is 0 Å². The van der Waals surface area contributed by atoms with Gasteiger partial charge in [0.1, 0.15) is 11.5 Å².